The molecule has 29 heavy (non-hydrogen) atoms. The third kappa shape index (κ3) is 5.66. The number of furan rings is 1. The Labute approximate surface area is 169 Å². The minimum Gasteiger partial charge on any atom is -0.467 e. The number of hydrogen-bond acceptors (Lipinski definition) is 5. The first kappa shape index (κ1) is 21.0. The van der Waals surface area contributed by atoms with Crippen molar-refractivity contribution in [1.29, 1.82) is 0 Å². The second-order valence-electron chi connectivity index (χ2n) is 6.74. The number of carbonyl (C=O) groups is 2. The molecule has 0 aliphatic carbocycles. The third-order valence-electron chi connectivity index (χ3n) is 4.78. The highest BCUT2D eigenvalue weighted by atomic mass is 32.2. The molecule has 0 radical (unpaired) electrons. The Morgan fingerprint density at radius 1 is 1.00 bits per heavy atom. The first-order chi connectivity index (χ1) is 14.0. The van der Waals surface area contributed by atoms with Crippen LogP contribution < -0.4 is 15.5 Å². The summed E-state index contributed by atoms with van der Waals surface area (Å²) < 4.78 is 31.8. The van der Waals surface area contributed by atoms with Gasteiger partial charge in [0.05, 0.1) is 57.0 Å². The molecule has 0 atom stereocenters. The highest BCUT2D eigenvalue weighted by molar-refractivity contribution is 7.89. The summed E-state index contributed by atoms with van der Waals surface area (Å²) in [5.74, 6) is -0.838. The molecule has 0 unspecified atom stereocenters. The van der Waals surface area contributed by atoms with Crippen molar-refractivity contribution in [2.24, 2.45) is 0 Å². The first-order valence-electron chi connectivity index (χ1n) is 9.44. The van der Waals surface area contributed by atoms with E-state index in [1.807, 2.05) is 0 Å². The van der Waals surface area contributed by atoms with E-state index in [1.54, 1.807) is 42.5 Å². The van der Waals surface area contributed by atoms with Crippen LogP contribution in [0.2, 0.25) is 0 Å². The maximum atomic E-state index is 12.6. The van der Waals surface area contributed by atoms with Gasteiger partial charge in [0.25, 0.3) is 0 Å². The molecule has 1 saturated heterocycles. The largest absolute Gasteiger partial charge is 0.467 e. The molecule has 1 fully saturated rings. The van der Waals surface area contributed by atoms with E-state index in [9.17, 15) is 18.0 Å². The third-order valence-corrected chi connectivity index (χ3v) is 6.70. The molecule has 1 aromatic carbocycles. The van der Waals surface area contributed by atoms with Gasteiger partial charge in [-0.2, -0.15) is 4.31 Å². The predicted molar refractivity (Wildman–Crippen MR) is 104 cm³/mol. The number of carbonyl (C=O) groups excluding carboxylic acids is 2. The minimum absolute atomic E-state index is 0.155. The van der Waals surface area contributed by atoms with E-state index >= 15 is 0 Å². The van der Waals surface area contributed by atoms with Gasteiger partial charge in [-0.25, -0.2) is 8.42 Å². The van der Waals surface area contributed by atoms with E-state index in [0.29, 0.717) is 49.9 Å². The van der Waals surface area contributed by atoms with E-state index < -0.39 is 21.8 Å². The van der Waals surface area contributed by atoms with Gasteiger partial charge in [0.1, 0.15) is 5.76 Å². The zero-order valence-electron chi connectivity index (χ0n) is 16.0. The molecule has 0 saturated carbocycles. The fraction of sp³-hybridized carbons (Fsp3) is 0.368. The molecule has 0 bridgehead atoms. The fourth-order valence-corrected chi connectivity index (χ4v) is 4.59. The van der Waals surface area contributed by atoms with Gasteiger partial charge in [0, 0.05) is 0 Å². The van der Waals surface area contributed by atoms with Crippen LogP contribution in [0.3, 0.4) is 0 Å². The van der Waals surface area contributed by atoms with Gasteiger partial charge in [0.15, 0.2) is 0 Å². The van der Waals surface area contributed by atoms with Crippen molar-refractivity contribution >= 4 is 21.8 Å². The van der Waals surface area contributed by atoms with Gasteiger partial charge in [-0.15, -0.1) is 0 Å². The van der Waals surface area contributed by atoms with E-state index in [2.05, 4.69) is 10.6 Å². The van der Waals surface area contributed by atoms with Gasteiger partial charge in [-0.05, 0) is 24.3 Å². The molecule has 156 valence electrons. The molecule has 1 aliphatic rings. The Hall–Kier alpha value is -2.69. The molecule has 2 aromatic rings. The lowest BCUT2D eigenvalue weighted by molar-refractivity contribution is -0.902. The Morgan fingerprint density at radius 3 is 2.34 bits per heavy atom. The molecule has 0 spiro atoms. The molecule has 10 heteroatoms. The fourth-order valence-electron chi connectivity index (χ4n) is 3.13. The number of rotatable bonds is 7. The standard InChI is InChI=1S/C19H24N4O5S/c24-18(19(25)21-15-16-5-4-14-28-16)20-8-9-22-10-12-23(13-11-22)29(26,27)17-6-2-1-3-7-17/h1-7,14H,8-13,15H2,(H,20,24)(H,21,25)/p+1. The van der Waals surface area contributed by atoms with Crippen LogP contribution in [0.1, 0.15) is 5.76 Å². The van der Waals surface area contributed by atoms with Crippen molar-refractivity contribution in [2.45, 2.75) is 11.4 Å². The quantitative estimate of drug-likeness (QED) is 0.476. The molecule has 2 heterocycles. The summed E-state index contributed by atoms with van der Waals surface area (Å²) in [6.07, 6.45) is 1.50. The summed E-state index contributed by atoms with van der Waals surface area (Å²) in [5.41, 5.74) is 0. The summed E-state index contributed by atoms with van der Waals surface area (Å²) in [4.78, 5) is 25.1. The van der Waals surface area contributed by atoms with Gasteiger partial charge >= 0.3 is 11.8 Å². The predicted octanol–water partition coefficient (Wildman–Crippen LogP) is -1.40. The average molecular weight is 421 g/mol. The van der Waals surface area contributed by atoms with Gasteiger partial charge < -0.3 is 20.0 Å². The summed E-state index contributed by atoms with van der Waals surface area (Å²) in [7, 11) is -3.47. The molecule has 3 N–H and O–H groups in total. The van der Waals surface area contributed by atoms with E-state index in [1.165, 1.54) is 15.5 Å². The zero-order valence-corrected chi connectivity index (χ0v) is 16.8. The molecule has 1 aromatic heterocycles. The maximum absolute atomic E-state index is 12.6. The van der Waals surface area contributed by atoms with Crippen molar-refractivity contribution in [2.75, 3.05) is 39.3 Å². The lowest BCUT2D eigenvalue weighted by Crippen LogP contribution is -3.15. The van der Waals surface area contributed by atoms with Crippen LogP contribution >= 0.6 is 0 Å². The van der Waals surface area contributed by atoms with Crippen LogP contribution in [-0.2, 0) is 26.2 Å². The lowest BCUT2D eigenvalue weighted by atomic mass is 10.3. The zero-order chi connectivity index (χ0) is 20.7. The van der Waals surface area contributed by atoms with Crippen molar-refractivity contribution in [3.63, 3.8) is 0 Å². The van der Waals surface area contributed by atoms with Crippen molar-refractivity contribution in [3.05, 3.63) is 54.5 Å². The first-order valence-corrected chi connectivity index (χ1v) is 10.9. The molecule has 3 rings (SSSR count). The summed E-state index contributed by atoms with van der Waals surface area (Å²) in [6.45, 7) is 3.25. The van der Waals surface area contributed by atoms with Crippen molar-refractivity contribution < 1.29 is 27.3 Å². The van der Waals surface area contributed by atoms with E-state index in [4.69, 9.17) is 4.42 Å². The maximum Gasteiger partial charge on any atom is 0.309 e. The van der Waals surface area contributed by atoms with Gasteiger partial charge in [-0.1, -0.05) is 18.2 Å². The minimum atomic E-state index is -3.47. The van der Waals surface area contributed by atoms with Crippen molar-refractivity contribution in [1.82, 2.24) is 14.9 Å². The second kappa shape index (κ2) is 9.68. The highest BCUT2D eigenvalue weighted by Gasteiger charge is 2.30. The molecule has 9 nitrogen and oxygen atoms in total. The smallest absolute Gasteiger partial charge is 0.309 e. The summed E-state index contributed by atoms with van der Waals surface area (Å²) in [5, 5.41) is 5.08. The number of benzene rings is 1. The Morgan fingerprint density at radius 2 is 1.69 bits per heavy atom. The van der Waals surface area contributed by atoms with Crippen LogP contribution in [0.25, 0.3) is 0 Å². The highest BCUT2D eigenvalue weighted by Crippen LogP contribution is 2.14. The molecule has 2 amide bonds. The van der Waals surface area contributed by atoms with Crippen LogP contribution in [0, 0.1) is 0 Å². The number of hydrogen-bond donors (Lipinski definition) is 3. The topological polar surface area (TPSA) is 113 Å². The molecular formula is C19H25N4O5S+. The number of nitrogens with zero attached hydrogens (tertiary/aromatic N) is 1. The normalized spacial score (nSPS) is 15.7. The summed E-state index contributed by atoms with van der Waals surface area (Å²) in [6, 6.07) is 11.8. The summed E-state index contributed by atoms with van der Waals surface area (Å²) >= 11 is 0. The van der Waals surface area contributed by atoms with Gasteiger partial charge in [-0.3, -0.25) is 9.59 Å². The number of nitrogens with one attached hydrogen (secondary N) is 3. The molecular weight excluding hydrogens is 396 g/mol. The SMILES string of the molecule is O=C(NCC[NH+]1CCN(S(=O)(=O)c2ccccc2)CC1)C(=O)NCc1ccco1. The Balaban J connectivity index is 1.36. The van der Waals surface area contributed by atoms with Crippen LogP contribution in [-0.4, -0.2) is 63.8 Å². The van der Waals surface area contributed by atoms with Crippen LogP contribution in [0.5, 0.6) is 0 Å². The monoisotopic (exact) mass is 421 g/mol. The average Bonchev–Trinajstić information content (AvgIpc) is 3.26. The van der Waals surface area contributed by atoms with Crippen molar-refractivity contribution in [3.8, 4) is 0 Å². The number of quaternary nitrogens is 1. The van der Waals surface area contributed by atoms with Crippen LogP contribution in [0.4, 0.5) is 0 Å². The van der Waals surface area contributed by atoms with Crippen LogP contribution in [0.15, 0.2) is 58.0 Å². The number of amides is 2. The molecule has 1 aliphatic heterocycles. The van der Waals surface area contributed by atoms with Gasteiger partial charge in [0.2, 0.25) is 10.0 Å². The van der Waals surface area contributed by atoms with E-state index in [-0.39, 0.29) is 6.54 Å². The Kier molecular flexibility index (Phi) is 7.02. The Bertz CT molecular complexity index is 907. The number of sulfonamides is 1. The number of piperazine rings is 1. The second-order valence-corrected chi connectivity index (χ2v) is 8.67. The lowest BCUT2D eigenvalue weighted by Gasteiger charge is -2.31. The van der Waals surface area contributed by atoms with E-state index in [0.717, 1.165) is 0 Å².